The number of benzene rings is 2. The highest BCUT2D eigenvalue weighted by Crippen LogP contribution is 2.22. The number of hydrogen-bond donors (Lipinski definition) is 2. The minimum Gasteiger partial charge on any atom is -0.355 e. The molecule has 0 spiro atoms. The van der Waals surface area contributed by atoms with Gasteiger partial charge in [-0.1, -0.05) is 30.3 Å². The van der Waals surface area contributed by atoms with Gasteiger partial charge in [-0.3, -0.25) is 4.79 Å². The maximum Gasteiger partial charge on any atom is 0.241 e. The fourth-order valence-corrected chi connectivity index (χ4v) is 3.40. The Balaban J connectivity index is 1.73. The summed E-state index contributed by atoms with van der Waals surface area (Å²) in [7, 11) is 0. The number of hydrogen-bond acceptors (Lipinski definition) is 3. The van der Waals surface area contributed by atoms with Crippen LogP contribution in [0.4, 0.5) is 11.4 Å². The molecule has 1 heterocycles. The minimum atomic E-state index is -0.280. The van der Waals surface area contributed by atoms with E-state index in [1.165, 1.54) is 5.56 Å². The number of carbonyl (C=O) groups excluding carboxylic acids is 1. The molecule has 3 rings (SSSR count). The van der Waals surface area contributed by atoms with Crippen LogP contribution in [0.2, 0.25) is 0 Å². The number of nitrogens with zero attached hydrogens (tertiary/aromatic N) is 1. The molecule has 1 fully saturated rings. The molecule has 25 heavy (non-hydrogen) atoms. The van der Waals surface area contributed by atoms with Gasteiger partial charge in [0.1, 0.15) is 6.04 Å². The third-order valence-electron chi connectivity index (χ3n) is 4.64. The summed E-state index contributed by atoms with van der Waals surface area (Å²) in [4.78, 5) is 17.1. The first-order valence-corrected chi connectivity index (χ1v) is 9.12. The van der Waals surface area contributed by atoms with E-state index in [2.05, 4.69) is 41.3 Å². The Bertz CT molecular complexity index is 734. The number of aryl methyl sites for hydroxylation is 1. The maximum absolute atomic E-state index is 12.6. The highest BCUT2D eigenvalue weighted by molar-refractivity contribution is 6.15. The van der Waals surface area contributed by atoms with Crippen LogP contribution < -0.4 is 10.2 Å². The van der Waals surface area contributed by atoms with Crippen molar-refractivity contribution in [2.75, 3.05) is 11.9 Å². The van der Waals surface area contributed by atoms with Gasteiger partial charge in [-0.05, 0) is 67.3 Å². The van der Waals surface area contributed by atoms with Crippen LogP contribution >= 0.6 is 11.8 Å². The number of carbonyl (C=O) groups is 1. The first-order valence-electron chi connectivity index (χ1n) is 8.74. The molecule has 1 aliphatic heterocycles. The smallest absolute Gasteiger partial charge is 0.241 e. The van der Waals surface area contributed by atoms with Gasteiger partial charge in [0.05, 0.1) is 0 Å². The molecule has 1 atom stereocenters. The van der Waals surface area contributed by atoms with E-state index in [1.54, 1.807) is 0 Å². The van der Waals surface area contributed by atoms with E-state index in [0.29, 0.717) is 6.54 Å². The Labute approximate surface area is 154 Å². The highest BCUT2D eigenvalue weighted by Gasteiger charge is 2.26. The second-order valence-electron chi connectivity index (χ2n) is 6.56. The summed E-state index contributed by atoms with van der Waals surface area (Å²) in [6.07, 6.45) is 2.83. The molecule has 0 radical (unpaired) electrons. The normalized spacial score (nSPS) is 18.1. The Morgan fingerprint density at radius 2 is 2.00 bits per heavy atom. The van der Waals surface area contributed by atoms with Gasteiger partial charge in [-0.15, -0.1) is 0 Å². The molecule has 132 valence electrons. The van der Waals surface area contributed by atoms with Crippen LogP contribution in [0.1, 0.15) is 30.4 Å². The third-order valence-corrected chi connectivity index (χ3v) is 4.90. The van der Waals surface area contributed by atoms with E-state index in [4.69, 9.17) is 11.8 Å². The monoisotopic (exact) mass is 357 g/mol. The van der Waals surface area contributed by atoms with Gasteiger partial charge in [-0.25, -0.2) is 4.84 Å². The number of para-hydroxylation sites is 1. The zero-order valence-corrected chi connectivity index (χ0v) is 15.2. The van der Waals surface area contributed by atoms with Gasteiger partial charge in [0, 0.05) is 24.5 Å². The topological polar surface area (TPSA) is 44.4 Å². The standard InChI is InChI=1S/C20H24ClN3O/c1-15-7-2-3-10-18(15)22-17-9-6-8-16(13-17)14-24-12-5-4-11-19(23-21)20(24)25/h2-3,6-10,13,19,22-23H,4-5,11-12,14H2,1H3/t19-/m0/s1. The molecule has 1 aliphatic rings. The number of rotatable bonds is 5. The molecule has 4 nitrogen and oxygen atoms in total. The zero-order chi connectivity index (χ0) is 17.6. The Kier molecular flexibility index (Phi) is 5.95. The Morgan fingerprint density at radius 3 is 2.80 bits per heavy atom. The van der Waals surface area contributed by atoms with Crippen molar-refractivity contribution in [1.29, 1.82) is 0 Å². The minimum absolute atomic E-state index is 0.0877. The fourth-order valence-electron chi connectivity index (χ4n) is 3.20. The van der Waals surface area contributed by atoms with E-state index in [-0.39, 0.29) is 11.9 Å². The molecule has 2 aromatic carbocycles. The largest absolute Gasteiger partial charge is 0.355 e. The number of anilines is 2. The average molecular weight is 358 g/mol. The van der Waals surface area contributed by atoms with E-state index < -0.39 is 0 Å². The van der Waals surface area contributed by atoms with E-state index in [0.717, 1.165) is 42.7 Å². The molecule has 2 aromatic rings. The lowest BCUT2D eigenvalue weighted by Crippen LogP contribution is -2.41. The highest BCUT2D eigenvalue weighted by atomic mass is 35.5. The molecule has 5 heteroatoms. The summed E-state index contributed by atoms with van der Waals surface area (Å²) in [5, 5.41) is 3.46. The molecular formula is C20H24ClN3O. The molecule has 0 saturated carbocycles. The molecule has 1 amide bonds. The van der Waals surface area contributed by atoms with Gasteiger partial charge >= 0.3 is 0 Å². The molecule has 1 saturated heterocycles. The third kappa shape index (κ3) is 4.53. The predicted molar refractivity (Wildman–Crippen MR) is 103 cm³/mol. The van der Waals surface area contributed by atoms with E-state index >= 15 is 0 Å². The van der Waals surface area contributed by atoms with Crippen molar-refractivity contribution < 1.29 is 4.79 Å². The first-order chi connectivity index (χ1) is 12.2. The van der Waals surface area contributed by atoms with Crippen LogP contribution in [0.5, 0.6) is 0 Å². The average Bonchev–Trinajstić information content (AvgIpc) is 2.79. The zero-order valence-electron chi connectivity index (χ0n) is 14.5. The molecule has 0 bridgehead atoms. The van der Waals surface area contributed by atoms with Crippen molar-refractivity contribution >= 4 is 29.1 Å². The number of halogens is 1. The molecule has 0 aromatic heterocycles. The van der Waals surface area contributed by atoms with Crippen LogP contribution in [0.25, 0.3) is 0 Å². The van der Waals surface area contributed by atoms with Gasteiger partial charge in [-0.2, -0.15) is 0 Å². The van der Waals surface area contributed by atoms with Crippen molar-refractivity contribution in [3.8, 4) is 0 Å². The van der Waals surface area contributed by atoms with E-state index in [9.17, 15) is 4.79 Å². The van der Waals surface area contributed by atoms with Gasteiger partial charge in [0.25, 0.3) is 0 Å². The van der Waals surface area contributed by atoms with Crippen LogP contribution in [-0.4, -0.2) is 23.4 Å². The summed E-state index contributed by atoms with van der Waals surface area (Å²) in [6.45, 7) is 3.47. The Hall–Kier alpha value is -2.04. The second-order valence-corrected chi connectivity index (χ2v) is 6.78. The lowest BCUT2D eigenvalue weighted by Gasteiger charge is -2.24. The summed E-state index contributed by atoms with van der Waals surface area (Å²) < 4.78 is 0. The SMILES string of the molecule is Cc1ccccc1Nc1cccc(CN2CCCC[C@H](NCl)C2=O)c1. The summed E-state index contributed by atoms with van der Waals surface area (Å²) in [5.41, 5.74) is 4.44. The van der Waals surface area contributed by atoms with E-state index in [1.807, 2.05) is 29.2 Å². The van der Waals surface area contributed by atoms with Crippen molar-refractivity contribution in [3.05, 3.63) is 59.7 Å². The van der Waals surface area contributed by atoms with Crippen LogP contribution in [0.3, 0.4) is 0 Å². The van der Waals surface area contributed by atoms with Crippen molar-refractivity contribution in [2.24, 2.45) is 0 Å². The molecule has 0 aliphatic carbocycles. The summed E-state index contributed by atoms with van der Waals surface area (Å²) in [5.74, 6) is 0.0877. The summed E-state index contributed by atoms with van der Waals surface area (Å²) >= 11 is 5.74. The number of nitrogens with one attached hydrogen (secondary N) is 2. The van der Waals surface area contributed by atoms with Crippen molar-refractivity contribution in [2.45, 2.75) is 38.8 Å². The second kappa shape index (κ2) is 8.37. The fraction of sp³-hybridized carbons (Fsp3) is 0.350. The Morgan fingerprint density at radius 1 is 1.16 bits per heavy atom. The van der Waals surface area contributed by atoms with Crippen LogP contribution in [0.15, 0.2) is 48.5 Å². The van der Waals surface area contributed by atoms with Gasteiger partial charge < -0.3 is 10.2 Å². The lowest BCUT2D eigenvalue weighted by atomic mass is 10.1. The van der Waals surface area contributed by atoms with Crippen molar-refractivity contribution in [1.82, 2.24) is 9.74 Å². The molecule has 2 N–H and O–H groups in total. The van der Waals surface area contributed by atoms with Crippen LogP contribution in [0, 0.1) is 6.92 Å². The maximum atomic E-state index is 12.6. The van der Waals surface area contributed by atoms with Gasteiger partial charge in [0.2, 0.25) is 5.91 Å². The first kappa shape index (κ1) is 17.8. The predicted octanol–water partition coefficient (Wildman–Crippen LogP) is 4.36. The lowest BCUT2D eigenvalue weighted by molar-refractivity contribution is -0.133. The quantitative estimate of drug-likeness (QED) is 0.781. The van der Waals surface area contributed by atoms with Crippen molar-refractivity contribution in [3.63, 3.8) is 0 Å². The van der Waals surface area contributed by atoms with Crippen LogP contribution in [-0.2, 0) is 11.3 Å². The molecule has 0 unspecified atom stereocenters. The number of amides is 1. The summed E-state index contributed by atoms with van der Waals surface area (Å²) in [6, 6.07) is 16.2. The van der Waals surface area contributed by atoms with Gasteiger partial charge in [0.15, 0.2) is 0 Å². The molecular weight excluding hydrogens is 334 g/mol. The number of likely N-dealkylation sites (tertiary alicyclic amines) is 1.